The first-order valence-corrected chi connectivity index (χ1v) is 49.4. The van der Waals surface area contributed by atoms with Crippen LogP contribution in [-0.2, 0) is 114 Å². The molecule has 0 bridgehead atoms. The van der Waals surface area contributed by atoms with E-state index in [-0.39, 0.29) is 155 Å². The molecule has 0 aromatic rings. The monoisotopic (exact) mass is 1840 g/mol. The van der Waals surface area contributed by atoms with Crippen molar-refractivity contribution in [2.24, 2.45) is 94.7 Å². The predicted octanol–water partition coefficient (Wildman–Crippen LogP) is 9.00. The number of cyclic esters (lactones) is 1. The van der Waals surface area contributed by atoms with Crippen molar-refractivity contribution in [2.75, 3.05) is 82.8 Å². The highest BCUT2D eigenvalue weighted by atomic mass is 28.4. The van der Waals surface area contributed by atoms with Gasteiger partial charge >= 0.3 is 47.8 Å². The molecule has 0 unspecified atom stereocenters. The molecule has 128 heavy (non-hydrogen) atoms. The van der Waals surface area contributed by atoms with Crippen molar-refractivity contribution in [1.82, 2.24) is 5.32 Å². The maximum Gasteiger partial charge on any atom is 0.337 e. The zero-order valence-electron chi connectivity index (χ0n) is 78.1. The van der Waals surface area contributed by atoms with Gasteiger partial charge in [0.05, 0.1) is 195 Å². The molecular formula is C93H137NO32Si2. The standard InChI is InChI=1S/C17H28O5Si.C17H26O5Si.C12H18O4.C12H16O4.C11H13NO4.C11H16O5.C11H14O5.C2H6/c2*1-17(2,3)23(5,6)22-9-11-7-8-12-13(15(18)20-4)10-21-16(19)14(11)12;1-6-10(13)4-8-9(12(14)15-3)5-16-7(2)11(6)8;1-7-11-8(5-13)3-4-9(11)10(6-16-7)12(14)15-2;1-16-11(15)8-4-12-10(14)9-6(5-13)2-3-7(8)9;1-5-8(12)3-6-7(10(13)15-2)4-16-11(14)9(5)6;1-15-10(13)8-5-16-11(14)9-6(4-12)2-3-7(8)9;1-2/h7,10,12,14,16,19H,8-9H2,1-6H3;7,10,12,14H,8-9H2,1-6H3;5-8,10-11,13H,4H2,1-3H3;3,6-7,9,11,13H,4-5H2,1-2H3;2,4,7,9,13H,3,5H2,1H3,(H,12,14);4-6,8-9,11-12,14H,3H2,1-2H3;2,5,7,9,11-12,14H,3-4H2,1H3;1-2H3/t12-,14-,16-;12-,14-;6-,7-,8+,10-,11-;7-,9+,11+;7-,9-;5-,6+,8-,9+,11+;7-,9-,11-;/m1100101./s1. The van der Waals surface area contributed by atoms with Crippen molar-refractivity contribution in [1.29, 1.82) is 0 Å². The Kier molecular flexibility index (Phi) is 38.4. The van der Waals surface area contributed by atoms with Crippen LogP contribution in [0.15, 0.2) is 141 Å². The third kappa shape index (κ3) is 23.9. The van der Waals surface area contributed by atoms with Gasteiger partial charge in [-0.25, -0.2) is 33.6 Å². The van der Waals surface area contributed by atoms with E-state index in [1.165, 1.54) is 93.5 Å². The Morgan fingerprint density at radius 3 is 1.12 bits per heavy atom. The molecule has 7 heterocycles. The summed E-state index contributed by atoms with van der Waals surface area (Å²) in [5.41, 5.74) is 7.62. The molecule has 23 atom stereocenters. The summed E-state index contributed by atoms with van der Waals surface area (Å²) in [7, 11) is 5.57. The van der Waals surface area contributed by atoms with E-state index in [1.54, 1.807) is 0 Å². The van der Waals surface area contributed by atoms with Crippen LogP contribution in [0.25, 0.3) is 0 Å². The van der Waals surface area contributed by atoms with Gasteiger partial charge in [-0.2, -0.15) is 0 Å². The van der Waals surface area contributed by atoms with Crippen LogP contribution in [0.4, 0.5) is 0 Å². The van der Waals surface area contributed by atoms with Crippen molar-refractivity contribution in [3.63, 3.8) is 0 Å². The Hall–Kier alpha value is -8.86. The number of carbonyl (C=O) groups is 9. The number of hydrogen-bond acceptors (Lipinski definition) is 32. The highest BCUT2D eigenvalue weighted by Crippen LogP contribution is 2.52. The quantitative estimate of drug-likeness (QED) is 0.0301. The smallest absolute Gasteiger partial charge is 0.337 e. The lowest BCUT2D eigenvalue weighted by atomic mass is 9.80. The zero-order valence-corrected chi connectivity index (χ0v) is 80.1. The number of carbonyl (C=O) groups excluding carboxylic acids is 9. The highest BCUT2D eigenvalue weighted by molar-refractivity contribution is 6.74. The van der Waals surface area contributed by atoms with Crippen LogP contribution in [0.2, 0.25) is 36.3 Å². The summed E-state index contributed by atoms with van der Waals surface area (Å²) < 4.78 is 76.8. The van der Waals surface area contributed by atoms with Crippen molar-refractivity contribution < 1.29 is 154 Å². The van der Waals surface area contributed by atoms with Crippen molar-refractivity contribution >= 4 is 70.3 Å². The Morgan fingerprint density at radius 1 is 0.391 bits per heavy atom. The zero-order chi connectivity index (χ0) is 95.7. The number of nitrogens with one attached hydrogen (secondary N) is 1. The summed E-state index contributed by atoms with van der Waals surface area (Å²) in [6.45, 7) is 34.3. The van der Waals surface area contributed by atoms with Crippen molar-refractivity contribution in [3.05, 3.63) is 141 Å². The summed E-state index contributed by atoms with van der Waals surface area (Å²) in [6, 6.07) is 0. The number of fused-ring (bicyclic) bond motifs is 7. The second kappa shape index (κ2) is 46.3. The van der Waals surface area contributed by atoms with Crippen LogP contribution in [0.5, 0.6) is 0 Å². The van der Waals surface area contributed by atoms with Gasteiger partial charge in [0.1, 0.15) is 12.4 Å². The Balaban J connectivity index is 0.000000205. The van der Waals surface area contributed by atoms with Gasteiger partial charge in [-0.15, -0.1) is 0 Å². The number of allylic oxidation sites excluding steroid dienone is 5. The number of methoxy groups -OCH3 is 7. The maximum atomic E-state index is 12.2. The lowest BCUT2D eigenvalue weighted by molar-refractivity contribution is -0.147. The van der Waals surface area contributed by atoms with E-state index in [0.717, 1.165) is 23.1 Å². The number of aliphatic hydroxyl groups is 8. The summed E-state index contributed by atoms with van der Waals surface area (Å²) in [6.07, 6.45) is 19.9. The lowest BCUT2D eigenvalue weighted by Gasteiger charge is -2.37. The van der Waals surface area contributed by atoms with Gasteiger partial charge in [0.25, 0.3) is 0 Å². The fourth-order valence-electron chi connectivity index (χ4n) is 18.4. The number of ether oxygens (including phenoxy) is 13. The number of amides is 1. The molecule has 714 valence electrons. The SMILES string of the molecule is CC.COC(=O)C1=CNC(=O)[C@@H]2C(CO)=CC[C@H]12.COC(=O)C1=COC(=O)[C@@H]2C(CO[Si](C)(C)C(C)(C)C)=CC[C@H]12.COC(=O)C1=CO[C@@H](C)[C@@H]2C(CO)=CC[C@H]12.COC(=O)C1=CO[C@@H](C)[C@@H]2[C@@H](C)[C@@H](O)C[C@H]12.COC(=O)C1=CO[C@@H](O)[C@@H]2C(CO)=CC[C@H]12.COC(=O)C1=CO[C@@H](O)[C@@H]2C(CO[Si](C)(C)C(C)(C)C)=CC[C@H]12.COC(=O)C1=CO[C@@H](O)[C@@H]2[C@@H](C)[C@@H](O)C[C@H]12. The fraction of sp³-hybridized carbons (Fsp3) is 0.645. The molecule has 1 amide bonds. The Morgan fingerprint density at radius 2 is 0.703 bits per heavy atom. The minimum absolute atomic E-state index is 0.000642. The first-order valence-electron chi connectivity index (χ1n) is 43.6. The molecule has 14 aliphatic rings. The minimum Gasteiger partial charge on any atom is -0.497 e. The summed E-state index contributed by atoms with van der Waals surface area (Å²) in [5.74, 6) is -5.29. The molecule has 7 aliphatic heterocycles. The van der Waals surface area contributed by atoms with Gasteiger partial charge in [0.2, 0.25) is 18.5 Å². The third-order valence-corrected chi connectivity index (χ3v) is 36.8. The second-order valence-corrected chi connectivity index (χ2v) is 46.2. The molecule has 0 aromatic heterocycles. The Bertz CT molecular complexity index is 4240. The van der Waals surface area contributed by atoms with Gasteiger partial charge in [0.15, 0.2) is 22.9 Å². The lowest BCUT2D eigenvalue weighted by Crippen LogP contribution is -2.42. The van der Waals surface area contributed by atoms with E-state index in [0.29, 0.717) is 102 Å². The molecule has 0 spiro atoms. The normalized spacial score (nSPS) is 31.5. The number of hydrogen-bond donors (Lipinski definition) is 9. The molecule has 0 aromatic carbocycles. The summed E-state index contributed by atoms with van der Waals surface area (Å²) in [5, 5.41) is 79.5. The second-order valence-electron chi connectivity index (χ2n) is 36.6. The molecular weight excluding hydrogens is 1700 g/mol. The topological polar surface area (TPSA) is 466 Å². The van der Waals surface area contributed by atoms with Crippen LogP contribution in [0, 0.1) is 94.7 Å². The van der Waals surface area contributed by atoms with E-state index in [9.17, 15) is 73.8 Å². The molecule has 2 fully saturated rings. The molecule has 0 radical (unpaired) electrons. The number of aliphatic hydroxyl groups excluding tert-OH is 8. The van der Waals surface area contributed by atoms with E-state index >= 15 is 0 Å². The van der Waals surface area contributed by atoms with E-state index in [1.807, 2.05) is 65.8 Å². The number of rotatable bonds is 16. The van der Waals surface area contributed by atoms with Gasteiger partial charge in [-0.1, -0.05) is 99.6 Å². The molecule has 14 rings (SSSR count). The highest BCUT2D eigenvalue weighted by Gasteiger charge is 2.54. The van der Waals surface area contributed by atoms with Crippen LogP contribution in [-0.4, -0.2) is 237 Å². The molecule has 33 nitrogen and oxygen atoms in total. The molecule has 2 saturated carbocycles. The predicted molar refractivity (Wildman–Crippen MR) is 468 cm³/mol. The van der Waals surface area contributed by atoms with Crippen molar-refractivity contribution in [2.45, 2.75) is 208 Å². The first kappa shape index (κ1) is 106. The van der Waals surface area contributed by atoms with E-state index in [4.69, 9.17) is 66.4 Å². The minimum atomic E-state index is -1.90. The molecule has 7 aliphatic carbocycles. The van der Waals surface area contributed by atoms with Gasteiger partial charge in [0, 0.05) is 65.4 Å². The van der Waals surface area contributed by atoms with Crippen LogP contribution < -0.4 is 5.32 Å². The van der Waals surface area contributed by atoms with Crippen LogP contribution >= 0.6 is 0 Å². The summed E-state index contributed by atoms with van der Waals surface area (Å²) >= 11 is 0. The summed E-state index contributed by atoms with van der Waals surface area (Å²) in [4.78, 5) is 105. The van der Waals surface area contributed by atoms with E-state index in [2.05, 4.69) is 93.3 Å². The first-order chi connectivity index (χ1) is 60.3. The van der Waals surface area contributed by atoms with Gasteiger partial charge in [-0.3, -0.25) is 9.59 Å². The Labute approximate surface area is 752 Å². The fourth-order valence-corrected chi connectivity index (χ4v) is 20.3. The van der Waals surface area contributed by atoms with Crippen molar-refractivity contribution in [3.8, 4) is 0 Å². The average molecular weight is 1840 g/mol. The molecule has 9 N–H and O–H groups in total. The van der Waals surface area contributed by atoms with Gasteiger partial charge < -0.3 is 117 Å². The number of esters is 8. The molecule has 35 heteroatoms. The van der Waals surface area contributed by atoms with Crippen LogP contribution in [0.3, 0.4) is 0 Å². The van der Waals surface area contributed by atoms with E-state index < -0.39 is 83.3 Å². The third-order valence-electron chi connectivity index (χ3n) is 27.8. The van der Waals surface area contributed by atoms with Crippen LogP contribution in [0.1, 0.15) is 128 Å². The molecule has 0 saturated heterocycles. The van der Waals surface area contributed by atoms with Gasteiger partial charge in [-0.05, 0) is 135 Å². The average Bonchev–Trinajstić information content (AvgIpc) is 1.52. The maximum absolute atomic E-state index is 12.2. The largest absolute Gasteiger partial charge is 0.497 e.